The smallest absolute Gasteiger partial charge is 0.305 e. The van der Waals surface area contributed by atoms with Crippen molar-refractivity contribution in [3.8, 4) is 5.75 Å². The predicted molar refractivity (Wildman–Crippen MR) is 152 cm³/mol. The zero-order valence-corrected chi connectivity index (χ0v) is 22.6. The lowest BCUT2D eigenvalue weighted by Gasteiger charge is -2.08. The van der Waals surface area contributed by atoms with Gasteiger partial charge in [0.1, 0.15) is 5.75 Å². The summed E-state index contributed by atoms with van der Waals surface area (Å²) in [5.41, 5.74) is 4.33. The van der Waals surface area contributed by atoms with Gasteiger partial charge in [-0.3, -0.25) is 9.59 Å². The molecule has 0 atom stereocenters. The Morgan fingerprint density at radius 2 is 1.61 bits per heavy atom. The third-order valence-corrected chi connectivity index (χ3v) is 6.78. The van der Waals surface area contributed by atoms with Crippen LogP contribution in [0.4, 0.5) is 0 Å². The van der Waals surface area contributed by atoms with E-state index in [9.17, 15) is 9.59 Å². The van der Waals surface area contributed by atoms with Crippen molar-refractivity contribution in [3.63, 3.8) is 0 Å². The van der Waals surface area contributed by atoms with E-state index in [1.807, 2.05) is 60.7 Å². The molecule has 0 spiro atoms. The highest BCUT2D eigenvalue weighted by atomic mass is 35.5. The first-order chi connectivity index (χ1) is 18.5. The molecule has 0 unspecified atom stereocenters. The van der Waals surface area contributed by atoms with Gasteiger partial charge in [0.15, 0.2) is 5.78 Å². The number of H-pyrrole nitrogens is 1. The fourth-order valence-corrected chi connectivity index (χ4v) is 4.71. The lowest BCUT2D eigenvalue weighted by Crippen LogP contribution is -2.07. The van der Waals surface area contributed by atoms with Gasteiger partial charge in [0.2, 0.25) is 0 Å². The maximum atomic E-state index is 13.6. The van der Waals surface area contributed by atoms with Crippen LogP contribution in [0.2, 0.25) is 5.02 Å². The Labute approximate surface area is 229 Å². The maximum absolute atomic E-state index is 13.6. The van der Waals surface area contributed by atoms with Crippen molar-refractivity contribution in [2.24, 2.45) is 0 Å². The highest BCUT2D eigenvalue weighted by Crippen LogP contribution is 2.27. The minimum absolute atomic E-state index is 0.0395. The van der Waals surface area contributed by atoms with Crippen LogP contribution in [0.25, 0.3) is 10.9 Å². The number of fused-ring (bicyclic) bond motifs is 1. The number of hydrogen-bond donors (Lipinski definition) is 1. The van der Waals surface area contributed by atoms with Gasteiger partial charge in [-0.05, 0) is 93.5 Å². The molecule has 6 heteroatoms. The summed E-state index contributed by atoms with van der Waals surface area (Å²) in [6.07, 6.45) is 5.71. The van der Waals surface area contributed by atoms with E-state index in [0.29, 0.717) is 43.6 Å². The molecule has 0 bridgehead atoms. The highest BCUT2D eigenvalue weighted by molar-refractivity contribution is 6.30. The largest absolute Gasteiger partial charge is 0.494 e. The number of aromatic nitrogens is 1. The molecule has 0 saturated heterocycles. The molecule has 0 radical (unpaired) electrons. The Morgan fingerprint density at radius 1 is 0.842 bits per heavy atom. The standard InChI is InChI=1S/C32H34ClNO4/c1-2-37-30(35)13-8-12-29-31(27-10-5-6-11-28(27)34-29)32(36)24-16-20-26(21-17-24)38-22-7-3-4-9-23-14-18-25(33)19-15-23/h5-6,10-11,14-21,34H,2-4,7-9,12-13,22H2,1H3. The Balaban J connectivity index is 1.32. The summed E-state index contributed by atoms with van der Waals surface area (Å²) in [4.78, 5) is 28.7. The monoisotopic (exact) mass is 531 g/mol. The topological polar surface area (TPSA) is 68.4 Å². The number of aromatic amines is 1. The van der Waals surface area contributed by atoms with E-state index in [-0.39, 0.29) is 11.8 Å². The lowest BCUT2D eigenvalue weighted by atomic mass is 9.98. The van der Waals surface area contributed by atoms with Gasteiger partial charge in [0.25, 0.3) is 0 Å². The fourth-order valence-electron chi connectivity index (χ4n) is 4.58. The van der Waals surface area contributed by atoms with Gasteiger partial charge in [-0.1, -0.05) is 41.9 Å². The van der Waals surface area contributed by atoms with Crippen LogP contribution in [0.15, 0.2) is 72.8 Å². The van der Waals surface area contributed by atoms with E-state index in [0.717, 1.165) is 53.1 Å². The van der Waals surface area contributed by atoms with Crippen molar-refractivity contribution in [2.45, 2.75) is 51.9 Å². The number of unbranched alkanes of at least 4 members (excludes halogenated alkanes) is 2. The maximum Gasteiger partial charge on any atom is 0.305 e. The molecule has 0 amide bonds. The molecule has 38 heavy (non-hydrogen) atoms. The summed E-state index contributed by atoms with van der Waals surface area (Å²) in [6, 6.07) is 23.2. The molecule has 0 saturated carbocycles. The van der Waals surface area contributed by atoms with Gasteiger partial charge >= 0.3 is 5.97 Å². The number of hydrogen-bond acceptors (Lipinski definition) is 4. The van der Waals surface area contributed by atoms with E-state index in [4.69, 9.17) is 21.1 Å². The van der Waals surface area contributed by atoms with Crippen LogP contribution in [-0.2, 0) is 22.4 Å². The quantitative estimate of drug-likeness (QED) is 0.103. The molecular weight excluding hydrogens is 498 g/mol. The van der Waals surface area contributed by atoms with Gasteiger partial charge in [-0.15, -0.1) is 0 Å². The van der Waals surface area contributed by atoms with Crippen molar-refractivity contribution < 1.29 is 19.1 Å². The summed E-state index contributed by atoms with van der Waals surface area (Å²) >= 11 is 5.94. The van der Waals surface area contributed by atoms with E-state index < -0.39 is 0 Å². The van der Waals surface area contributed by atoms with Crippen molar-refractivity contribution in [1.82, 2.24) is 4.98 Å². The Kier molecular flexibility index (Phi) is 9.99. The van der Waals surface area contributed by atoms with Gasteiger partial charge in [-0.2, -0.15) is 0 Å². The molecule has 0 aliphatic carbocycles. The Bertz CT molecular complexity index is 1340. The summed E-state index contributed by atoms with van der Waals surface area (Å²) in [7, 11) is 0. The van der Waals surface area contributed by atoms with Crippen molar-refractivity contribution in [3.05, 3.63) is 100 Å². The molecule has 0 aliphatic rings. The minimum Gasteiger partial charge on any atom is -0.494 e. The molecule has 1 aromatic heterocycles. The van der Waals surface area contributed by atoms with Crippen LogP contribution in [0, 0.1) is 0 Å². The van der Waals surface area contributed by atoms with E-state index >= 15 is 0 Å². The van der Waals surface area contributed by atoms with Crippen LogP contribution in [0.5, 0.6) is 5.75 Å². The summed E-state index contributed by atoms with van der Waals surface area (Å²) in [6.45, 7) is 2.81. The molecule has 198 valence electrons. The zero-order chi connectivity index (χ0) is 26.7. The Morgan fingerprint density at radius 3 is 2.37 bits per heavy atom. The van der Waals surface area contributed by atoms with Crippen LogP contribution >= 0.6 is 11.6 Å². The number of ether oxygens (including phenoxy) is 2. The summed E-state index contributed by atoms with van der Waals surface area (Å²) in [5, 5.41) is 1.66. The van der Waals surface area contributed by atoms with Gasteiger partial charge in [0, 0.05) is 33.6 Å². The SMILES string of the molecule is CCOC(=O)CCCc1[nH]c2ccccc2c1C(=O)c1ccc(OCCCCCc2ccc(Cl)cc2)cc1. The first kappa shape index (κ1) is 27.5. The van der Waals surface area contributed by atoms with E-state index in [2.05, 4.69) is 17.1 Å². The molecule has 3 aromatic carbocycles. The number of carbonyl (C=O) groups excluding carboxylic acids is 2. The number of ketones is 1. The minimum atomic E-state index is -0.214. The molecule has 5 nitrogen and oxygen atoms in total. The lowest BCUT2D eigenvalue weighted by molar-refractivity contribution is -0.143. The van der Waals surface area contributed by atoms with Crippen LogP contribution in [0.1, 0.15) is 66.2 Å². The molecule has 0 fully saturated rings. The van der Waals surface area contributed by atoms with Gasteiger partial charge < -0.3 is 14.5 Å². The van der Waals surface area contributed by atoms with E-state index in [1.165, 1.54) is 5.56 Å². The average molecular weight is 532 g/mol. The number of aryl methyl sites for hydroxylation is 2. The molecular formula is C32H34ClNO4. The first-order valence-corrected chi connectivity index (χ1v) is 13.7. The van der Waals surface area contributed by atoms with Gasteiger partial charge in [0.05, 0.1) is 18.8 Å². The number of para-hydroxylation sites is 1. The second-order valence-corrected chi connectivity index (χ2v) is 9.76. The highest BCUT2D eigenvalue weighted by Gasteiger charge is 2.20. The van der Waals surface area contributed by atoms with E-state index in [1.54, 1.807) is 6.92 Å². The van der Waals surface area contributed by atoms with Crippen molar-refractivity contribution >= 4 is 34.3 Å². The third kappa shape index (κ3) is 7.48. The van der Waals surface area contributed by atoms with Crippen LogP contribution in [-0.4, -0.2) is 30.0 Å². The number of halogens is 1. The molecule has 4 rings (SSSR count). The first-order valence-electron chi connectivity index (χ1n) is 13.3. The molecule has 4 aromatic rings. The second kappa shape index (κ2) is 13.8. The average Bonchev–Trinajstić information content (AvgIpc) is 3.30. The Hall–Kier alpha value is -3.57. The fraction of sp³-hybridized carbons (Fsp3) is 0.312. The van der Waals surface area contributed by atoms with Gasteiger partial charge in [-0.25, -0.2) is 0 Å². The molecule has 0 aliphatic heterocycles. The summed E-state index contributed by atoms with van der Waals surface area (Å²) in [5.74, 6) is 0.504. The predicted octanol–water partition coefficient (Wildman–Crippen LogP) is 7.73. The number of esters is 1. The molecule has 1 N–H and O–H groups in total. The number of benzene rings is 3. The zero-order valence-electron chi connectivity index (χ0n) is 21.8. The van der Waals surface area contributed by atoms with Crippen LogP contribution < -0.4 is 4.74 Å². The number of rotatable bonds is 14. The number of carbonyl (C=O) groups is 2. The van der Waals surface area contributed by atoms with Crippen molar-refractivity contribution in [1.29, 1.82) is 0 Å². The van der Waals surface area contributed by atoms with Crippen molar-refractivity contribution in [2.75, 3.05) is 13.2 Å². The third-order valence-electron chi connectivity index (χ3n) is 6.53. The number of nitrogens with one attached hydrogen (secondary N) is 1. The second-order valence-electron chi connectivity index (χ2n) is 9.32. The normalized spacial score (nSPS) is 11.0. The van der Waals surface area contributed by atoms with Crippen LogP contribution in [0.3, 0.4) is 0 Å². The summed E-state index contributed by atoms with van der Waals surface area (Å²) < 4.78 is 10.9. The molecule has 1 heterocycles.